The number of hydrogen-bond donors (Lipinski definition) is 1. The van der Waals surface area contributed by atoms with E-state index in [1.54, 1.807) is 6.07 Å². The average molecular weight is 231 g/mol. The number of Topliss-reactive ketones (excluding diaryl/α,β-unsaturated/α-hetero) is 1. The van der Waals surface area contributed by atoms with Gasteiger partial charge < -0.3 is 5.11 Å². The van der Waals surface area contributed by atoms with E-state index >= 15 is 0 Å². The summed E-state index contributed by atoms with van der Waals surface area (Å²) in [4.78, 5) is 14.9. The van der Waals surface area contributed by atoms with Crippen molar-refractivity contribution in [3.8, 4) is 16.9 Å². The fourth-order valence-corrected chi connectivity index (χ4v) is 1.57. The lowest BCUT2D eigenvalue weighted by atomic mass is 10.0. The Morgan fingerprint density at radius 3 is 2.59 bits per heavy atom. The zero-order chi connectivity index (χ0) is 12.4. The standard InChI is InChI=1S/C13H10FNO2/c1-8(16)12-3-2-9(5-13(12)14)10-4-11(17)7-15-6-10/h2-7,17H,1H3. The first-order chi connectivity index (χ1) is 8.08. The van der Waals surface area contributed by atoms with E-state index in [2.05, 4.69) is 4.98 Å². The number of halogens is 1. The predicted octanol–water partition coefficient (Wildman–Crippen LogP) is 2.80. The van der Waals surface area contributed by atoms with Crippen LogP contribution in [0.15, 0.2) is 36.7 Å². The van der Waals surface area contributed by atoms with Gasteiger partial charge in [-0.05, 0) is 30.7 Å². The van der Waals surface area contributed by atoms with Crippen LogP contribution < -0.4 is 0 Å². The molecule has 2 rings (SSSR count). The van der Waals surface area contributed by atoms with Crippen molar-refractivity contribution in [1.82, 2.24) is 4.98 Å². The maximum absolute atomic E-state index is 13.6. The van der Waals surface area contributed by atoms with E-state index in [1.807, 2.05) is 0 Å². The van der Waals surface area contributed by atoms with Gasteiger partial charge in [-0.1, -0.05) is 6.07 Å². The van der Waals surface area contributed by atoms with Crippen LogP contribution >= 0.6 is 0 Å². The average Bonchev–Trinajstić information content (AvgIpc) is 2.28. The summed E-state index contributed by atoms with van der Waals surface area (Å²) in [5.74, 6) is -0.875. The number of pyridine rings is 1. The summed E-state index contributed by atoms with van der Waals surface area (Å²) >= 11 is 0. The molecule has 1 heterocycles. The molecule has 4 heteroatoms. The van der Waals surface area contributed by atoms with Crippen molar-refractivity contribution in [3.63, 3.8) is 0 Å². The molecule has 1 N–H and O–H groups in total. The van der Waals surface area contributed by atoms with E-state index in [0.29, 0.717) is 11.1 Å². The predicted molar refractivity (Wildman–Crippen MR) is 61.3 cm³/mol. The Morgan fingerprint density at radius 2 is 2.00 bits per heavy atom. The number of aromatic nitrogens is 1. The number of nitrogens with zero attached hydrogens (tertiary/aromatic N) is 1. The van der Waals surface area contributed by atoms with E-state index in [9.17, 15) is 14.3 Å². The summed E-state index contributed by atoms with van der Waals surface area (Å²) in [6.45, 7) is 1.31. The summed E-state index contributed by atoms with van der Waals surface area (Å²) in [7, 11) is 0. The van der Waals surface area contributed by atoms with Crippen LogP contribution in [0.5, 0.6) is 5.75 Å². The minimum absolute atomic E-state index is 0.0125. The molecule has 0 aliphatic rings. The molecular weight excluding hydrogens is 221 g/mol. The van der Waals surface area contributed by atoms with Crippen LogP contribution in [0, 0.1) is 5.82 Å². The molecule has 0 aliphatic carbocycles. The maximum atomic E-state index is 13.6. The lowest BCUT2D eigenvalue weighted by molar-refractivity contribution is 0.101. The van der Waals surface area contributed by atoms with Gasteiger partial charge >= 0.3 is 0 Å². The second kappa shape index (κ2) is 4.33. The fourth-order valence-electron chi connectivity index (χ4n) is 1.57. The van der Waals surface area contributed by atoms with Gasteiger partial charge in [0, 0.05) is 11.8 Å². The Balaban J connectivity index is 2.48. The molecule has 17 heavy (non-hydrogen) atoms. The van der Waals surface area contributed by atoms with Gasteiger partial charge in [0.2, 0.25) is 0 Å². The van der Waals surface area contributed by atoms with Gasteiger partial charge in [-0.2, -0.15) is 0 Å². The van der Waals surface area contributed by atoms with Gasteiger partial charge in [-0.3, -0.25) is 9.78 Å². The molecule has 0 saturated carbocycles. The molecular formula is C13H10FNO2. The Kier molecular flexibility index (Phi) is 2.87. The van der Waals surface area contributed by atoms with Crippen LogP contribution in [0.25, 0.3) is 11.1 Å². The minimum atomic E-state index is -0.571. The zero-order valence-electron chi connectivity index (χ0n) is 9.14. The highest BCUT2D eigenvalue weighted by atomic mass is 19.1. The Morgan fingerprint density at radius 1 is 1.24 bits per heavy atom. The van der Waals surface area contributed by atoms with Crippen LogP contribution in [-0.4, -0.2) is 15.9 Å². The molecule has 0 atom stereocenters. The van der Waals surface area contributed by atoms with Crippen LogP contribution in [-0.2, 0) is 0 Å². The third kappa shape index (κ3) is 2.30. The van der Waals surface area contributed by atoms with Crippen molar-refractivity contribution in [1.29, 1.82) is 0 Å². The third-order valence-corrected chi connectivity index (χ3v) is 2.41. The molecule has 1 aromatic heterocycles. The van der Waals surface area contributed by atoms with Crippen LogP contribution in [0.3, 0.4) is 0 Å². The Hall–Kier alpha value is -2.23. The van der Waals surface area contributed by atoms with Crippen molar-refractivity contribution in [2.75, 3.05) is 0 Å². The van der Waals surface area contributed by atoms with Gasteiger partial charge in [-0.15, -0.1) is 0 Å². The summed E-state index contributed by atoms with van der Waals surface area (Å²) < 4.78 is 13.6. The van der Waals surface area contributed by atoms with Crippen molar-refractivity contribution in [3.05, 3.63) is 48.0 Å². The van der Waals surface area contributed by atoms with E-state index in [1.165, 1.54) is 37.5 Å². The van der Waals surface area contributed by atoms with Crippen molar-refractivity contribution < 1.29 is 14.3 Å². The van der Waals surface area contributed by atoms with E-state index < -0.39 is 5.82 Å². The number of rotatable bonds is 2. The number of aromatic hydroxyl groups is 1. The van der Waals surface area contributed by atoms with E-state index in [-0.39, 0.29) is 17.1 Å². The molecule has 1 aromatic carbocycles. The largest absolute Gasteiger partial charge is 0.506 e. The number of hydrogen-bond acceptors (Lipinski definition) is 3. The minimum Gasteiger partial charge on any atom is -0.506 e. The first-order valence-corrected chi connectivity index (χ1v) is 5.03. The number of carbonyl (C=O) groups is 1. The van der Waals surface area contributed by atoms with Gasteiger partial charge in [0.05, 0.1) is 11.8 Å². The molecule has 86 valence electrons. The number of benzene rings is 1. The number of ketones is 1. The van der Waals surface area contributed by atoms with Crippen molar-refractivity contribution >= 4 is 5.78 Å². The Labute approximate surface area is 97.6 Å². The lowest BCUT2D eigenvalue weighted by Crippen LogP contribution is -1.96. The highest BCUT2D eigenvalue weighted by Gasteiger charge is 2.09. The van der Waals surface area contributed by atoms with Crippen LogP contribution in [0.2, 0.25) is 0 Å². The van der Waals surface area contributed by atoms with Gasteiger partial charge in [-0.25, -0.2) is 4.39 Å². The quantitative estimate of drug-likeness (QED) is 0.808. The van der Waals surface area contributed by atoms with E-state index in [4.69, 9.17) is 0 Å². The first kappa shape index (κ1) is 11.3. The smallest absolute Gasteiger partial charge is 0.162 e. The molecule has 3 nitrogen and oxygen atoms in total. The molecule has 2 aromatic rings. The van der Waals surface area contributed by atoms with Crippen molar-refractivity contribution in [2.45, 2.75) is 6.92 Å². The zero-order valence-corrected chi connectivity index (χ0v) is 9.14. The maximum Gasteiger partial charge on any atom is 0.162 e. The topological polar surface area (TPSA) is 50.2 Å². The monoisotopic (exact) mass is 231 g/mol. The molecule has 0 saturated heterocycles. The van der Waals surface area contributed by atoms with Gasteiger partial charge in [0.1, 0.15) is 11.6 Å². The fraction of sp³-hybridized carbons (Fsp3) is 0.0769. The summed E-state index contributed by atoms with van der Waals surface area (Å²) in [5.41, 5.74) is 1.22. The molecule has 0 spiro atoms. The molecule has 0 amide bonds. The normalized spacial score (nSPS) is 10.2. The van der Waals surface area contributed by atoms with Crippen LogP contribution in [0.1, 0.15) is 17.3 Å². The molecule has 0 aliphatic heterocycles. The summed E-state index contributed by atoms with van der Waals surface area (Å²) in [6.07, 6.45) is 2.81. The second-order valence-corrected chi connectivity index (χ2v) is 3.68. The second-order valence-electron chi connectivity index (χ2n) is 3.68. The highest BCUT2D eigenvalue weighted by Crippen LogP contribution is 2.24. The summed E-state index contributed by atoms with van der Waals surface area (Å²) in [6, 6.07) is 5.79. The highest BCUT2D eigenvalue weighted by molar-refractivity contribution is 5.94. The van der Waals surface area contributed by atoms with E-state index in [0.717, 1.165) is 0 Å². The molecule has 0 bridgehead atoms. The van der Waals surface area contributed by atoms with Gasteiger partial charge in [0.15, 0.2) is 5.78 Å². The molecule has 0 fully saturated rings. The number of carbonyl (C=O) groups excluding carboxylic acids is 1. The first-order valence-electron chi connectivity index (χ1n) is 5.03. The van der Waals surface area contributed by atoms with Crippen LogP contribution in [0.4, 0.5) is 4.39 Å². The Bertz CT molecular complexity index is 581. The lowest BCUT2D eigenvalue weighted by Gasteiger charge is -2.04. The summed E-state index contributed by atoms with van der Waals surface area (Å²) in [5, 5.41) is 9.28. The van der Waals surface area contributed by atoms with Crippen molar-refractivity contribution in [2.24, 2.45) is 0 Å². The molecule has 0 radical (unpaired) electrons. The SMILES string of the molecule is CC(=O)c1ccc(-c2cncc(O)c2)cc1F. The third-order valence-electron chi connectivity index (χ3n) is 2.41. The van der Waals surface area contributed by atoms with Gasteiger partial charge in [0.25, 0.3) is 0 Å². The molecule has 0 unspecified atom stereocenters.